The van der Waals surface area contributed by atoms with Crippen molar-refractivity contribution in [3.05, 3.63) is 46.2 Å². The molecule has 2 aromatic rings. The first kappa shape index (κ1) is 14.7. The summed E-state index contributed by atoms with van der Waals surface area (Å²) in [6.07, 6.45) is 2.82. The maximum Gasteiger partial charge on any atom is 0.272 e. The number of halogens is 1. The molecule has 106 valence electrons. The van der Waals surface area contributed by atoms with Gasteiger partial charge < -0.3 is 15.0 Å². The number of carbonyl (C=O) groups is 1. The zero-order valence-corrected chi connectivity index (χ0v) is 13.1. The molecular formula is C15H17BrN2O2. The summed E-state index contributed by atoms with van der Waals surface area (Å²) in [4.78, 5) is 12.3. The van der Waals surface area contributed by atoms with Crippen molar-refractivity contribution in [2.24, 2.45) is 0 Å². The molecule has 0 radical (unpaired) electrons. The summed E-state index contributed by atoms with van der Waals surface area (Å²) >= 11 is 3.38. The first-order chi connectivity index (χ1) is 9.51. The fourth-order valence-electron chi connectivity index (χ4n) is 2.02. The fourth-order valence-corrected chi connectivity index (χ4v) is 2.49. The minimum Gasteiger partial charge on any atom is -0.506 e. The molecule has 1 aromatic carbocycles. The van der Waals surface area contributed by atoms with Gasteiger partial charge in [0, 0.05) is 17.2 Å². The number of hydrogen-bond donors (Lipinski definition) is 2. The summed E-state index contributed by atoms with van der Waals surface area (Å²) < 4.78 is 2.76. The number of nitrogens with zero attached hydrogens (tertiary/aromatic N) is 1. The molecule has 0 fully saturated rings. The number of rotatable bonds is 4. The number of aromatic hydroxyl groups is 1. The summed E-state index contributed by atoms with van der Waals surface area (Å²) in [7, 11) is 0. The van der Waals surface area contributed by atoms with Gasteiger partial charge in [-0.3, -0.25) is 4.79 Å². The number of aromatic nitrogens is 1. The maximum atomic E-state index is 12.3. The lowest BCUT2D eigenvalue weighted by Crippen LogP contribution is -2.16. The van der Waals surface area contributed by atoms with Gasteiger partial charge in [-0.15, -0.1) is 0 Å². The number of carbonyl (C=O) groups excluding carboxylic acids is 1. The minimum atomic E-state index is -0.233. The van der Waals surface area contributed by atoms with Crippen LogP contribution in [0.25, 0.3) is 0 Å². The van der Waals surface area contributed by atoms with Gasteiger partial charge in [-0.25, -0.2) is 0 Å². The van der Waals surface area contributed by atoms with Crippen LogP contribution in [0, 0.1) is 6.92 Å². The quantitative estimate of drug-likeness (QED) is 0.831. The van der Waals surface area contributed by atoms with Crippen LogP contribution >= 0.6 is 15.9 Å². The molecule has 0 aliphatic heterocycles. The molecule has 2 rings (SSSR count). The lowest BCUT2D eigenvalue weighted by atomic mass is 10.2. The monoisotopic (exact) mass is 336 g/mol. The predicted octanol–water partition coefficient (Wildman–Crippen LogP) is 3.93. The maximum absolute atomic E-state index is 12.3. The molecule has 0 saturated carbocycles. The van der Waals surface area contributed by atoms with E-state index in [4.69, 9.17) is 0 Å². The number of amides is 1. The van der Waals surface area contributed by atoms with Crippen molar-refractivity contribution in [1.82, 2.24) is 4.57 Å². The summed E-state index contributed by atoms with van der Waals surface area (Å²) in [5.41, 5.74) is 1.93. The first-order valence-electron chi connectivity index (χ1n) is 6.48. The van der Waals surface area contributed by atoms with E-state index in [-0.39, 0.29) is 11.7 Å². The summed E-state index contributed by atoms with van der Waals surface area (Å²) in [6.45, 7) is 4.71. The van der Waals surface area contributed by atoms with E-state index in [0.29, 0.717) is 11.4 Å². The number of benzene rings is 1. The average molecular weight is 337 g/mol. The lowest BCUT2D eigenvalue weighted by molar-refractivity contribution is 0.101. The van der Waals surface area contributed by atoms with Gasteiger partial charge in [0.15, 0.2) is 0 Å². The third-order valence-corrected chi connectivity index (χ3v) is 3.40. The summed E-state index contributed by atoms with van der Waals surface area (Å²) in [5.74, 6) is -0.158. The normalized spacial score (nSPS) is 10.6. The molecule has 0 saturated heterocycles. The van der Waals surface area contributed by atoms with Gasteiger partial charge in [-0.1, -0.05) is 13.0 Å². The lowest BCUT2D eigenvalue weighted by Gasteiger charge is -2.10. The van der Waals surface area contributed by atoms with Crippen molar-refractivity contribution in [2.45, 2.75) is 26.8 Å². The smallest absolute Gasteiger partial charge is 0.272 e. The Kier molecular flexibility index (Phi) is 4.49. The van der Waals surface area contributed by atoms with Gasteiger partial charge >= 0.3 is 0 Å². The number of aryl methyl sites for hydroxylation is 2. The second kappa shape index (κ2) is 6.13. The zero-order valence-electron chi connectivity index (χ0n) is 11.5. The Morgan fingerprint density at radius 3 is 2.80 bits per heavy atom. The number of phenolic OH excluding ortho intramolecular Hbond substituents is 1. The molecule has 1 heterocycles. The molecule has 0 aliphatic carbocycles. The van der Waals surface area contributed by atoms with E-state index in [2.05, 4.69) is 28.2 Å². The molecule has 0 atom stereocenters. The fraction of sp³-hybridized carbons (Fsp3) is 0.267. The molecule has 0 bridgehead atoms. The second-order valence-corrected chi connectivity index (χ2v) is 5.63. The number of phenols is 1. The van der Waals surface area contributed by atoms with Gasteiger partial charge in [0.2, 0.25) is 0 Å². The van der Waals surface area contributed by atoms with Crippen LogP contribution in [-0.2, 0) is 6.54 Å². The van der Waals surface area contributed by atoms with Gasteiger partial charge in [0.05, 0.1) is 5.69 Å². The second-order valence-electron chi connectivity index (χ2n) is 4.71. The van der Waals surface area contributed by atoms with Gasteiger partial charge in [-0.2, -0.15) is 0 Å². The van der Waals surface area contributed by atoms with Crippen LogP contribution in [-0.4, -0.2) is 15.6 Å². The zero-order chi connectivity index (χ0) is 14.7. The molecule has 1 amide bonds. The third-order valence-electron chi connectivity index (χ3n) is 2.96. The Morgan fingerprint density at radius 2 is 2.15 bits per heavy atom. The Hall–Kier alpha value is -1.75. The number of nitrogens with one attached hydrogen (secondary N) is 1. The van der Waals surface area contributed by atoms with E-state index in [0.717, 1.165) is 23.0 Å². The molecule has 20 heavy (non-hydrogen) atoms. The Bertz CT molecular complexity index is 635. The standard InChI is InChI=1S/C15H17BrN2O2/c1-3-6-18-9-11(16)8-13(18)15(20)17-12-5-4-10(2)7-14(12)19/h4-5,7-9,19H,3,6H2,1-2H3,(H,17,20). The molecule has 0 aliphatic rings. The molecular weight excluding hydrogens is 320 g/mol. The van der Waals surface area contributed by atoms with E-state index in [1.54, 1.807) is 18.2 Å². The van der Waals surface area contributed by atoms with Crippen molar-refractivity contribution in [3.63, 3.8) is 0 Å². The molecule has 2 N–H and O–H groups in total. The highest BCUT2D eigenvalue weighted by Gasteiger charge is 2.14. The highest BCUT2D eigenvalue weighted by Crippen LogP contribution is 2.25. The Balaban J connectivity index is 2.23. The largest absolute Gasteiger partial charge is 0.506 e. The van der Waals surface area contributed by atoms with Gasteiger partial charge in [0.1, 0.15) is 11.4 Å². The third kappa shape index (κ3) is 3.22. The van der Waals surface area contributed by atoms with Crippen molar-refractivity contribution >= 4 is 27.5 Å². The van der Waals surface area contributed by atoms with E-state index in [1.165, 1.54) is 0 Å². The van der Waals surface area contributed by atoms with Crippen LogP contribution in [0.2, 0.25) is 0 Å². The van der Waals surface area contributed by atoms with E-state index in [1.807, 2.05) is 23.8 Å². The molecule has 1 aromatic heterocycles. The van der Waals surface area contributed by atoms with Crippen molar-refractivity contribution in [2.75, 3.05) is 5.32 Å². The highest BCUT2D eigenvalue weighted by atomic mass is 79.9. The van der Waals surface area contributed by atoms with Gasteiger partial charge in [-0.05, 0) is 53.0 Å². The molecule has 5 heteroatoms. The van der Waals surface area contributed by atoms with E-state index < -0.39 is 0 Å². The summed E-state index contributed by atoms with van der Waals surface area (Å²) in [6, 6.07) is 6.94. The number of hydrogen-bond acceptors (Lipinski definition) is 2. The van der Waals surface area contributed by atoms with Crippen LogP contribution in [0.5, 0.6) is 5.75 Å². The van der Waals surface area contributed by atoms with Gasteiger partial charge in [0.25, 0.3) is 5.91 Å². The topological polar surface area (TPSA) is 54.3 Å². The minimum absolute atomic E-state index is 0.0750. The van der Waals surface area contributed by atoms with Crippen LogP contribution < -0.4 is 5.32 Å². The van der Waals surface area contributed by atoms with Crippen LogP contribution in [0.4, 0.5) is 5.69 Å². The van der Waals surface area contributed by atoms with E-state index >= 15 is 0 Å². The average Bonchev–Trinajstić information content (AvgIpc) is 2.74. The summed E-state index contributed by atoms with van der Waals surface area (Å²) in [5, 5.41) is 12.6. The highest BCUT2D eigenvalue weighted by molar-refractivity contribution is 9.10. The Labute approximate surface area is 126 Å². The predicted molar refractivity (Wildman–Crippen MR) is 83.2 cm³/mol. The van der Waals surface area contributed by atoms with E-state index in [9.17, 15) is 9.90 Å². The van der Waals surface area contributed by atoms with Crippen molar-refractivity contribution in [3.8, 4) is 5.75 Å². The van der Waals surface area contributed by atoms with Crippen molar-refractivity contribution < 1.29 is 9.90 Å². The van der Waals surface area contributed by atoms with Crippen LogP contribution in [0.15, 0.2) is 34.9 Å². The molecule has 4 nitrogen and oxygen atoms in total. The molecule has 0 unspecified atom stereocenters. The van der Waals surface area contributed by atoms with Crippen LogP contribution in [0.3, 0.4) is 0 Å². The Morgan fingerprint density at radius 1 is 1.40 bits per heavy atom. The SMILES string of the molecule is CCCn1cc(Br)cc1C(=O)Nc1ccc(C)cc1O. The van der Waals surface area contributed by atoms with Crippen LogP contribution in [0.1, 0.15) is 29.4 Å². The van der Waals surface area contributed by atoms with Crippen molar-refractivity contribution in [1.29, 1.82) is 0 Å². The first-order valence-corrected chi connectivity index (χ1v) is 7.27. The molecule has 0 spiro atoms. The number of anilines is 1.